The molecule has 0 aliphatic heterocycles. The molecule has 1 N–H and O–H groups in total. The van der Waals surface area contributed by atoms with Crippen molar-refractivity contribution in [3.8, 4) is 0 Å². The van der Waals surface area contributed by atoms with Crippen molar-refractivity contribution in [1.82, 2.24) is 0 Å². The van der Waals surface area contributed by atoms with Crippen LogP contribution in [0.4, 0.5) is 5.69 Å². The van der Waals surface area contributed by atoms with E-state index in [1.807, 2.05) is 43.3 Å². The first kappa shape index (κ1) is 15.5. The van der Waals surface area contributed by atoms with Gasteiger partial charge in [-0.15, -0.1) is 0 Å². The van der Waals surface area contributed by atoms with Crippen LogP contribution in [0.5, 0.6) is 0 Å². The average Bonchev–Trinajstić information content (AvgIpc) is 2.43. The standard InChI is InChI=1S/C16H15BrINO/c1-3-11-9-12(17)7-8-14(11)19-16(20)13-6-4-5-10(2)15(13)18/h4-9H,3H2,1-2H3,(H,19,20). The van der Waals surface area contributed by atoms with Crippen molar-refractivity contribution in [1.29, 1.82) is 0 Å². The fourth-order valence-electron chi connectivity index (χ4n) is 1.99. The third-order valence-electron chi connectivity index (χ3n) is 3.13. The van der Waals surface area contributed by atoms with E-state index in [4.69, 9.17) is 0 Å². The smallest absolute Gasteiger partial charge is 0.256 e. The van der Waals surface area contributed by atoms with Crippen LogP contribution in [0.15, 0.2) is 40.9 Å². The number of carbonyl (C=O) groups is 1. The molecule has 2 nitrogen and oxygen atoms in total. The summed E-state index contributed by atoms with van der Waals surface area (Å²) in [6.45, 7) is 4.09. The summed E-state index contributed by atoms with van der Waals surface area (Å²) < 4.78 is 2.02. The van der Waals surface area contributed by atoms with Gasteiger partial charge >= 0.3 is 0 Å². The fourth-order valence-corrected chi connectivity index (χ4v) is 3.00. The van der Waals surface area contributed by atoms with Crippen LogP contribution in [0, 0.1) is 10.5 Å². The van der Waals surface area contributed by atoms with Crippen molar-refractivity contribution >= 4 is 50.1 Å². The van der Waals surface area contributed by atoms with E-state index in [2.05, 4.69) is 50.8 Å². The molecule has 4 heteroatoms. The maximum absolute atomic E-state index is 12.4. The molecule has 0 atom stereocenters. The molecule has 20 heavy (non-hydrogen) atoms. The van der Waals surface area contributed by atoms with Crippen molar-refractivity contribution in [2.24, 2.45) is 0 Å². The maximum Gasteiger partial charge on any atom is 0.256 e. The van der Waals surface area contributed by atoms with E-state index >= 15 is 0 Å². The predicted molar refractivity (Wildman–Crippen MR) is 95.4 cm³/mol. The van der Waals surface area contributed by atoms with Crippen molar-refractivity contribution in [3.05, 3.63) is 61.1 Å². The number of amides is 1. The number of nitrogens with one attached hydrogen (secondary N) is 1. The second-order valence-electron chi connectivity index (χ2n) is 4.55. The monoisotopic (exact) mass is 443 g/mol. The molecule has 0 radical (unpaired) electrons. The van der Waals surface area contributed by atoms with Gasteiger partial charge in [0.25, 0.3) is 5.91 Å². The van der Waals surface area contributed by atoms with Gasteiger partial charge in [0.2, 0.25) is 0 Å². The van der Waals surface area contributed by atoms with Gasteiger partial charge < -0.3 is 5.32 Å². The molecule has 0 spiro atoms. The first-order valence-electron chi connectivity index (χ1n) is 6.37. The fraction of sp³-hybridized carbons (Fsp3) is 0.188. The molecule has 0 unspecified atom stereocenters. The molecule has 1 amide bonds. The van der Waals surface area contributed by atoms with Crippen molar-refractivity contribution < 1.29 is 4.79 Å². The largest absolute Gasteiger partial charge is 0.322 e. The lowest BCUT2D eigenvalue weighted by Crippen LogP contribution is -2.15. The van der Waals surface area contributed by atoms with Crippen molar-refractivity contribution in [3.63, 3.8) is 0 Å². The third-order valence-corrected chi connectivity index (χ3v) is 5.06. The Morgan fingerprint density at radius 2 is 2.05 bits per heavy atom. The third kappa shape index (κ3) is 3.41. The summed E-state index contributed by atoms with van der Waals surface area (Å²) in [5.41, 5.74) is 3.83. The number of aryl methyl sites for hydroxylation is 2. The van der Waals surface area contributed by atoms with E-state index in [1.54, 1.807) is 0 Å². The van der Waals surface area contributed by atoms with Crippen molar-refractivity contribution in [2.45, 2.75) is 20.3 Å². The van der Waals surface area contributed by atoms with Crippen LogP contribution in [0.2, 0.25) is 0 Å². The summed E-state index contributed by atoms with van der Waals surface area (Å²) in [4.78, 5) is 12.4. The number of rotatable bonds is 3. The van der Waals surface area contributed by atoms with Crippen LogP contribution < -0.4 is 5.32 Å². The Bertz CT molecular complexity index is 655. The van der Waals surface area contributed by atoms with Gasteiger partial charge in [-0.3, -0.25) is 4.79 Å². The van der Waals surface area contributed by atoms with Gasteiger partial charge in [0, 0.05) is 13.7 Å². The highest BCUT2D eigenvalue weighted by Crippen LogP contribution is 2.23. The SMILES string of the molecule is CCc1cc(Br)ccc1NC(=O)c1cccc(C)c1I. The van der Waals surface area contributed by atoms with E-state index in [1.165, 1.54) is 0 Å². The molecule has 104 valence electrons. The van der Waals surface area contributed by atoms with Crippen LogP contribution in [-0.4, -0.2) is 5.91 Å². The summed E-state index contributed by atoms with van der Waals surface area (Å²) in [5, 5.41) is 3.01. The summed E-state index contributed by atoms with van der Waals surface area (Å²) in [7, 11) is 0. The van der Waals surface area contributed by atoms with Crippen LogP contribution in [0.25, 0.3) is 0 Å². The van der Waals surface area contributed by atoms with E-state index in [0.29, 0.717) is 0 Å². The minimum absolute atomic E-state index is 0.0601. The number of halogens is 2. The molecule has 0 saturated carbocycles. The van der Waals surface area contributed by atoms with Crippen LogP contribution in [0.1, 0.15) is 28.4 Å². The van der Waals surface area contributed by atoms with Gasteiger partial charge in [-0.1, -0.05) is 35.0 Å². The van der Waals surface area contributed by atoms with Crippen LogP contribution in [-0.2, 0) is 6.42 Å². The lowest BCUT2D eigenvalue weighted by molar-refractivity contribution is 0.102. The maximum atomic E-state index is 12.4. The van der Waals surface area contributed by atoms with Gasteiger partial charge in [-0.2, -0.15) is 0 Å². The number of carbonyl (C=O) groups excluding carboxylic acids is 1. The van der Waals surface area contributed by atoms with Gasteiger partial charge in [0.05, 0.1) is 5.56 Å². The number of benzene rings is 2. The Kier molecular flexibility index (Phi) is 5.21. The molecule has 2 aromatic rings. The Morgan fingerprint density at radius 3 is 2.75 bits per heavy atom. The zero-order valence-corrected chi connectivity index (χ0v) is 15.1. The van der Waals surface area contributed by atoms with Gasteiger partial charge in [-0.25, -0.2) is 0 Å². The number of anilines is 1. The van der Waals surface area contributed by atoms with Crippen LogP contribution in [0.3, 0.4) is 0 Å². The first-order valence-corrected chi connectivity index (χ1v) is 8.25. The molecule has 0 aliphatic carbocycles. The summed E-state index contributed by atoms with van der Waals surface area (Å²) in [6, 6.07) is 11.7. The van der Waals surface area contributed by atoms with E-state index in [-0.39, 0.29) is 5.91 Å². The molecule has 0 aromatic heterocycles. The number of hydrogen-bond acceptors (Lipinski definition) is 1. The molecule has 0 saturated heterocycles. The highest BCUT2D eigenvalue weighted by Gasteiger charge is 2.13. The molecule has 0 bridgehead atoms. The number of hydrogen-bond donors (Lipinski definition) is 1. The topological polar surface area (TPSA) is 29.1 Å². The van der Waals surface area contributed by atoms with E-state index < -0.39 is 0 Å². The molecule has 2 rings (SSSR count). The zero-order chi connectivity index (χ0) is 14.7. The summed E-state index contributed by atoms with van der Waals surface area (Å²) >= 11 is 5.67. The molecule has 2 aromatic carbocycles. The molecule has 0 fully saturated rings. The summed E-state index contributed by atoms with van der Waals surface area (Å²) in [6.07, 6.45) is 0.875. The quantitative estimate of drug-likeness (QED) is 0.651. The second kappa shape index (κ2) is 6.72. The Hall–Kier alpha value is -0.880. The van der Waals surface area contributed by atoms with E-state index in [0.717, 1.165) is 36.8 Å². The molecular weight excluding hydrogens is 429 g/mol. The average molecular weight is 444 g/mol. The zero-order valence-electron chi connectivity index (χ0n) is 11.3. The second-order valence-corrected chi connectivity index (χ2v) is 6.54. The minimum Gasteiger partial charge on any atom is -0.322 e. The Morgan fingerprint density at radius 1 is 1.30 bits per heavy atom. The molecular formula is C16H15BrINO. The van der Waals surface area contributed by atoms with Crippen LogP contribution >= 0.6 is 38.5 Å². The molecule has 0 heterocycles. The van der Waals surface area contributed by atoms with Crippen molar-refractivity contribution in [2.75, 3.05) is 5.32 Å². The summed E-state index contributed by atoms with van der Waals surface area (Å²) in [5.74, 6) is -0.0601. The highest BCUT2D eigenvalue weighted by atomic mass is 127. The Labute approximate surface area is 141 Å². The van der Waals surface area contributed by atoms with Gasteiger partial charge in [0.1, 0.15) is 0 Å². The van der Waals surface area contributed by atoms with E-state index in [9.17, 15) is 4.79 Å². The first-order chi connectivity index (χ1) is 9.52. The minimum atomic E-state index is -0.0601. The highest BCUT2D eigenvalue weighted by molar-refractivity contribution is 14.1. The Balaban J connectivity index is 2.30. The van der Waals surface area contributed by atoms with Gasteiger partial charge in [-0.05, 0) is 71.3 Å². The lowest BCUT2D eigenvalue weighted by atomic mass is 10.1. The normalized spacial score (nSPS) is 10.4. The lowest BCUT2D eigenvalue weighted by Gasteiger charge is -2.12. The molecule has 0 aliphatic rings. The van der Waals surface area contributed by atoms with Gasteiger partial charge in [0.15, 0.2) is 0 Å². The predicted octanol–water partition coefficient (Wildman–Crippen LogP) is 5.18.